The van der Waals surface area contributed by atoms with E-state index >= 15 is 0 Å². The summed E-state index contributed by atoms with van der Waals surface area (Å²) >= 11 is 0. The number of aromatic nitrogens is 2. The molecule has 36 heavy (non-hydrogen) atoms. The van der Waals surface area contributed by atoms with Gasteiger partial charge < -0.3 is 15.5 Å². The fourth-order valence-electron chi connectivity index (χ4n) is 5.64. The number of para-hydroxylation sites is 1. The molecular formula is C27H31N5O3S. The Morgan fingerprint density at radius 1 is 1.11 bits per heavy atom. The number of primary amides is 1. The van der Waals surface area contributed by atoms with E-state index in [-0.39, 0.29) is 21.0 Å². The van der Waals surface area contributed by atoms with E-state index in [2.05, 4.69) is 36.8 Å². The zero-order chi connectivity index (χ0) is 25.7. The first-order chi connectivity index (χ1) is 17.1. The lowest BCUT2D eigenvalue weighted by Gasteiger charge is -2.34. The summed E-state index contributed by atoms with van der Waals surface area (Å²) in [5, 5.41) is -0.128. The van der Waals surface area contributed by atoms with Crippen LogP contribution in [0.3, 0.4) is 0 Å². The monoisotopic (exact) mass is 505 g/mol. The number of nitrogens with zero attached hydrogens (tertiary/aromatic N) is 4. The van der Waals surface area contributed by atoms with Crippen molar-refractivity contribution in [2.75, 3.05) is 22.9 Å². The molecule has 0 saturated carbocycles. The van der Waals surface area contributed by atoms with Crippen LogP contribution in [0.25, 0.3) is 0 Å². The third kappa shape index (κ3) is 4.11. The van der Waals surface area contributed by atoms with E-state index in [4.69, 9.17) is 5.73 Å². The van der Waals surface area contributed by atoms with Gasteiger partial charge in [0.2, 0.25) is 9.84 Å². The minimum Gasteiger partial charge on any atom is -0.365 e. The molecule has 5 rings (SSSR count). The first-order valence-corrected chi connectivity index (χ1v) is 13.7. The van der Waals surface area contributed by atoms with Crippen LogP contribution < -0.4 is 15.5 Å². The number of carbonyl (C=O) groups is 1. The van der Waals surface area contributed by atoms with Crippen molar-refractivity contribution in [1.82, 2.24) is 9.97 Å². The van der Waals surface area contributed by atoms with Crippen LogP contribution in [0.15, 0.2) is 64.6 Å². The van der Waals surface area contributed by atoms with Crippen LogP contribution in [0.2, 0.25) is 0 Å². The minimum atomic E-state index is -4.16. The van der Waals surface area contributed by atoms with Crippen molar-refractivity contribution < 1.29 is 13.2 Å². The summed E-state index contributed by atoms with van der Waals surface area (Å²) in [7, 11) is -4.16. The first-order valence-electron chi connectivity index (χ1n) is 12.2. The zero-order valence-corrected chi connectivity index (χ0v) is 21.6. The molecule has 1 saturated heterocycles. The standard InChI is InChI=1S/C27H31N5O3S/c1-18-16-27(2,3)32(17-18)26-24(25(28)33)21(13-14-29-26)36(34,35)23-12-6-11-22(30-23)31-15-7-9-19-8-4-5-10-20(19)31/h4-6,8,10-14,18H,7,9,15-17H2,1-3H3,(H2,28,33). The molecule has 8 nitrogen and oxygen atoms in total. The Morgan fingerprint density at radius 2 is 1.89 bits per heavy atom. The van der Waals surface area contributed by atoms with Crippen LogP contribution in [-0.4, -0.2) is 42.9 Å². The highest BCUT2D eigenvalue weighted by molar-refractivity contribution is 7.91. The lowest BCUT2D eigenvalue weighted by Crippen LogP contribution is -2.40. The number of benzene rings is 1. The Bertz CT molecular complexity index is 1440. The lowest BCUT2D eigenvalue weighted by atomic mass is 9.97. The summed E-state index contributed by atoms with van der Waals surface area (Å²) in [5.74, 6) is 0.397. The zero-order valence-electron chi connectivity index (χ0n) is 20.8. The van der Waals surface area contributed by atoms with E-state index < -0.39 is 15.7 Å². The molecule has 0 bridgehead atoms. The fourth-order valence-corrected chi connectivity index (χ4v) is 7.04. The average Bonchev–Trinajstić information content (AvgIpc) is 3.14. The van der Waals surface area contributed by atoms with Crippen molar-refractivity contribution in [2.24, 2.45) is 11.7 Å². The molecule has 2 aromatic heterocycles. The number of sulfone groups is 1. The van der Waals surface area contributed by atoms with Gasteiger partial charge in [-0.25, -0.2) is 18.4 Å². The summed E-state index contributed by atoms with van der Waals surface area (Å²) in [6.45, 7) is 7.64. The second-order valence-electron chi connectivity index (χ2n) is 10.3. The Hall–Kier alpha value is -3.46. The van der Waals surface area contributed by atoms with Crippen molar-refractivity contribution >= 4 is 33.1 Å². The van der Waals surface area contributed by atoms with E-state index in [9.17, 15) is 13.2 Å². The van der Waals surface area contributed by atoms with E-state index in [1.165, 1.54) is 23.9 Å². The minimum absolute atomic E-state index is 0.0878. The lowest BCUT2D eigenvalue weighted by molar-refractivity contribution is 0.0997. The Balaban J connectivity index is 1.60. The van der Waals surface area contributed by atoms with Crippen molar-refractivity contribution in [3.63, 3.8) is 0 Å². The van der Waals surface area contributed by atoms with E-state index in [1.807, 2.05) is 34.1 Å². The van der Waals surface area contributed by atoms with Crippen LogP contribution in [0.4, 0.5) is 17.3 Å². The quantitative estimate of drug-likeness (QED) is 0.555. The Kier molecular flexibility index (Phi) is 5.98. The van der Waals surface area contributed by atoms with Crippen LogP contribution in [0, 0.1) is 5.92 Å². The molecule has 1 fully saturated rings. The maximum Gasteiger partial charge on any atom is 0.253 e. The topological polar surface area (TPSA) is 109 Å². The highest BCUT2D eigenvalue weighted by atomic mass is 32.2. The maximum atomic E-state index is 13.9. The molecule has 0 spiro atoms. The smallest absolute Gasteiger partial charge is 0.253 e. The van der Waals surface area contributed by atoms with Gasteiger partial charge in [0.1, 0.15) is 17.2 Å². The van der Waals surface area contributed by atoms with E-state index in [0.29, 0.717) is 24.1 Å². The van der Waals surface area contributed by atoms with Gasteiger partial charge in [-0.1, -0.05) is 31.2 Å². The van der Waals surface area contributed by atoms with Gasteiger partial charge >= 0.3 is 0 Å². The largest absolute Gasteiger partial charge is 0.365 e. The predicted octanol–water partition coefficient (Wildman–Crippen LogP) is 4.12. The molecule has 2 N–H and O–H groups in total. The fraction of sp³-hybridized carbons (Fsp3) is 0.370. The highest BCUT2D eigenvalue weighted by Crippen LogP contribution is 2.39. The SMILES string of the molecule is CC1CN(c2nccc(S(=O)(=O)c3cccc(N4CCCc5ccccc54)n3)c2C(N)=O)C(C)(C)C1. The Morgan fingerprint density at radius 3 is 2.61 bits per heavy atom. The first kappa shape index (κ1) is 24.2. The molecule has 4 heterocycles. The average molecular weight is 506 g/mol. The van der Waals surface area contributed by atoms with Gasteiger partial charge in [-0.3, -0.25) is 4.79 Å². The van der Waals surface area contributed by atoms with Crippen molar-refractivity contribution in [3.05, 3.63) is 65.9 Å². The maximum absolute atomic E-state index is 13.9. The number of hydrogen-bond acceptors (Lipinski definition) is 7. The number of hydrogen-bond donors (Lipinski definition) is 1. The number of aryl methyl sites for hydroxylation is 1. The van der Waals surface area contributed by atoms with Gasteiger partial charge in [0.25, 0.3) is 5.91 Å². The summed E-state index contributed by atoms with van der Waals surface area (Å²) < 4.78 is 27.8. The molecule has 2 aliphatic rings. The number of anilines is 3. The van der Waals surface area contributed by atoms with Crippen LogP contribution in [0.1, 0.15) is 49.5 Å². The number of carbonyl (C=O) groups excluding carboxylic acids is 1. The van der Waals surface area contributed by atoms with Crippen LogP contribution in [0.5, 0.6) is 0 Å². The number of fused-ring (bicyclic) bond motifs is 1. The Labute approximate surface area is 212 Å². The van der Waals surface area contributed by atoms with Gasteiger partial charge in [0.15, 0.2) is 5.03 Å². The molecule has 188 valence electrons. The van der Waals surface area contributed by atoms with Gasteiger partial charge in [-0.15, -0.1) is 0 Å². The van der Waals surface area contributed by atoms with E-state index in [1.54, 1.807) is 6.07 Å². The van der Waals surface area contributed by atoms with Crippen molar-refractivity contribution in [3.8, 4) is 0 Å². The van der Waals surface area contributed by atoms with Crippen molar-refractivity contribution in [2.45, 2.75) is 55.5 Å². The molecule has 0 aliphatic carbocycles. The van der Waals surface area contributed by atoms with Crippen LogP contribution >= 0.6 is 0 Å². The summed E-state index contributed by atoms with van der Waals surface area (Å²) in [6.07, 6.45) is 4.24. The summed E-state index contributed by atoms with van der Waals surface area (Å²) in [4.78, 5) is 25.5. The molecule has 1 unspecified atom stereocenters. The predicted molar refractivity (Wildman–Crippen MR) is 139 cm³/mol. The highest BCUT2D eigenvalue weighted by Gasteiger charge is 2.40. The second-order valence-corrected chi connectivity index (χ2v) is 12.2. The molecular weight excluding hydrogens is 474 g/mol. The van der Waals surface area contributed by atoms with Crippen molar-refractivity contribution in [1.29, 1.82) is 0 Å². The summed E-state index contributed by atoms with van der Waals surface area (Å²) in [6, 6.07) is 14.4. The number of pyridine rings is 2. The number of amides is 1. The molecule has 2 aliphatic heterocycles. The summed E-state index contributed by atoms with van der Waals surface area (Å²) in [5.41, 5.74) is 7.63. The molecule has 1 amide bonds. The second kappa shape index (κ2) is 8.89. The van der Waals surface area contributed by atoms with Crippen LogP contribution in [-0.2, 0) is 16.3 Å². The normalized spacial score (nSPS) is 19.2. The van der Waals surface area contributed by atoms with Gasteiger partial charge in [-0.05, 0) is 68.9 Å². The van der Waals surface area contributed by atoms with Gasteiger partial charge in [0, 0.05) is 30.5 Å². The third-order valence-corrected chi connectivity index (χ3v) is 8.83. The molecule has 3 aromatic rings. The number of rotatable bonds is 5. The number of nitrogens with two attached hydrogens (primary N) is 1. The van der Waals surface area contributed by atoms with Gasteiger partial charge in [-0.2, -0.15) is 0 Å². The van der Waals surface area contributed by atoms with Gasteiger partial charge in [0.05, 0.1) is 4.90 Å². The molecule has 0 radical (unpaired) electrons. The molecule has 9 heteroatoms. The van der Waals surface area contributed by atoms with E-state index in [0.717, 1.165) is 31.5 Å². The molecule has 1 atom stereocenters. The third-order valence-electron chi connectivity index (χ3n) is 7.13. The molecule has 1 aromatic carbocycles.